The molecule has 2 N–H and O–H groups in total. The van der Waals surface area contributed by atoms with Crippen LogP contribution in [0, 0.1) is 0 Å². The summed E-state index contributed by atoms with van der Waals surface area (Å²) in [7, 11) is 0. The number of nitrogens with two attached hydrogens (primary N) is 1. The van der Waals surface area contributed by atoms with E-state index in [2.05, 4.69) is 16.9 Å². The molecule has 2 rings (SSSR count). The Balaban J connectivity index is 2.09. The van der Waals surface area contributed by atoms with Gasteiger partial charge < -0.3 is 5.73 Å². The van der Waals surface area contributed by atoms with Crippen molar-refractivity contribution in [2.24, 2.45) is 0 Å². The average Bonchev–Trinajstić information content (AvgIpc) is 2.69. The highest BCUT2D eigenvalue weighted by Gasteiger charge is 2.17. The average molecular weight is 223 g/mol. The molecule has 1 aromatic rings. The fourth-order valence-electron chi connectivity index (χ4n) is 1.89. The molecule has 0 radical (unpaired) electrons. The minimum absolute atomic E-state index is 0.599. The number of anilines is 1. The molecule has 1 aliphatic carbocycles. The predicted octanol–water partition coefficient (Wildman–Crippen LogP) is 2.66. The van der Waals surface area contributed by atoms with Gasteiger partial charge in [-0.1, -0.05) is 19.8 Å². The molecule has 0 aromatic carbocycles. The smallest absolute Gasteiger partial charge is 0.131 e. The highest BCUT2D eigenvalue weighted by atomic mass is 32.2. The van der Waals surface area contributed by atoms with Gasteiger partial charge in [0, 0.05) is 17.7 Å². The maximum absolute atomic E-state index is 5.74. The lowest BCUT2D eigenvalue weighted by molar-refractivity contribution is 0.873. The normalized spacial score (nSPS) is 17.1. The lowest BCUT2D eigenvalue weighted by atomic mass is 10.4. The second-order valence-electron chi connectivity index (χ2n) is 3.93. The number of nitrogen functional groups attached to an aromatic ring is 1. The number of hydrogen-bond acceptors (Lipinski definition) is 4. The van der Waals surface area contributed by atoms with E-state index in [-0.39, 0.29) is 0 Å². The monoisotopic (exact) mass is 223 g/mol. The Labute approximate surface area is 94.9 Å². The first-order valence-electron chi connectivity index (χ1n) is 5.58. The van der Waals surface area contributed by atoms with Gasteiger partial charge in [-0.05, 0) is 12.8 Å². The van der Waals surface area contributed by atoms with Crippen LogP contribution in [0.1, 0.15) is 38.4 Å². The molecular weight excluding hydrogens is 206 g/mol. The fourth-order valence-corrected chi connectivity index (χ4v) is 3.15. The minimum Gasteiger partial charge on any atom is -0.384 e. The van der Waals surface area contributed by atoms with Gasteiger partial charge in [0.05, 0.1) is 0 Å². The zero-order valence-electron chi connectivity index (χ0n) is 9.07. The van der Waals surface area contributed by atoms with Crippen molar-refractivity contribution in [2.75, 3.05) is 5.73 Å². The van der Waals surface area contributed by atoms with E-state index < -0.39 is 0 Å². The minimum atomic E-state index is 0.599. The van der Waals surface area contributed by atoms with Crippen molar-refractivity contribution in [3.05, 3.63) is 11.9 Å². The van der Waals surface area contributed by atoms with Gasteiger partial charge in [0.25, 0.3) is 0 Å². The number of aryl methyl sites for hydroxylation is 1. The van der Waals surface area contributed by atoms with Crippen LogP contribution in [-0.2, 0) is 6.42 Å². The molecular formula is C11H17N3S. The van der Waals surface area contributed by atoms with E-state index in [0.29, 0.717) is 5.82 Å². The van der Waals surface area contributed by atoms with Crippen LogP contribution in [-0.4, -0.2) is 15.2 Å². The van der Waals surface area contributed by atoms with E-state index in [4.69, 9.17) is 5.73 Å². The third-order valence-electron chi connectivity index (χ3n) is 2.67. The SMILES string of the molecule is CCc1nc(N)cc(SC2CCCC2)n1. The number of rotatable bonds is 3. The van der Waals surface area contributed by atoms with Crippen LogP contribution >= 0.6 is 11.8 Å². The molecule has 15 heavy (non-hydrogen) atoms. The molecule has 0 atom stereocenters. The van der Waals surface area contributed by atoms with Crippen molar-refractivity contribution in [3.63, 3.8) is 0 Å². The lowest BCUT2D eigenvalue weighted by Gasteiger charge is -2.08. The van der Waals surface area contributed by atoms with Crippen molar-refractivity contribution in [2.45, 2.75) is 49.3 Å². The summed E-state index contributed by atoms with van der Waals surface area (Å²) in [4.78, 5) is 8.67. The van der Waals surface area contributed by atoms with E-state index in [0.717, 1.165) is 22.5 Å². The molecule has 1 aliphatic rings. The molecule has 0 saturated heterocycles. The topological polar surface area (TPSA) is 51.8 Å². The van der Waals surface area contributed by atoms with Crippen LogP contribution in [0.25, 0.3) is 0 Å². The van der Waals surface area contributed by atoms with Gasteiger partial charge in [-0.15, -0.1) is 11.8 Å². The van der Waals surface area contributed by atoms with Gasteiger partial charge in [0.2, 0.25) is 0 Å². The van der Waals surface area contributed by atoms with Gasteiger partial charge in [-0.3, -0.25) is 0 Å². The highest BCUT2D eigenvalue weighted by Crippen LogP contribution is 2.34. The summed E-state index contributed by atoms with van der Waals surface area (Å²) in [5, 5.41) is 1.79. The number of aromatic nitrogens is 2. The molecule has 1 aromatic heterocycles. The van der Waals surface area contributed by atoms with Gasteiger partial charge in [0.15, 0.2) is 0 Å². The molecule has 3 nitrogen and oxygen atoms in total. The van der Waals surface area contributed by atoms with Gasteiger partial charge in [-0.25, -0.2) is 9.97 Å². The summed E-state index contributed by atoms with van der Waals surface area (Å²) in [5.41, 5.74) is 5.74. The van der Waals surface area contributed by atoms with Crippen molar-refractivity contribution in [3.8, 4) is 0 Å². The molecule has 0 aliphatic heterocycles. The number of hydrogen-bond donors (Lipinski definition) is 1. The Kier molecular flexibility index (Phi) is 3.46. The Morgan fingerprint density at radius 2 is 2.13 bits per heavy atom. The molecule has 1 heterocycles. The Hall–Kier alpha value is -0.770. The fraction of sp³-hybridized carbons (Fsp3) is 0.636. The van der Waals surface area contributed by atoms with Gasteiger partial charge in [0.1, 0.15) is 16.7 Å². The third kappa shape index (κ3) is 2.84. The van der Waals surface area contributed by atoms with Crippen molar-refractivity contribution in [1.82, 2.24) is 9.97 Å². The first-order valence-corrected chi connectivity index (χ1v) is 6.46. The zero-order chi connectivity index (χ0) is 10.7. The second kappa shape index (κ2) is 4.84. The predicted molar refractivity (Wildman–Crippen MR) is 63.9 cm³/mol. The van der Waals surface area contributed by atoms with Crippen LogP contribution in [0.4, 0.5) is 5.82 Å². The zero-order valence-corrected chi connectivity index (χ0v) is 9.89. The summed E-state index contributed by atoms with van der Waals surface area (Å²) in [6.45, 7) is 2.05. The van der Waals surface area contributed by atoms with Crippen molar-refractivity contribution < 1.29 is 0 Å². The summed E-state index contributed by atoms with van der Waals surface area (Å²) in [5.74, 6) is 1.46. The van der Waals surface area contributed by atoms with Crippen LogP contribution in [0.2, 0.25) is 0 Å². The van der Waals surface area contributed by atoms with Crippen molar-refractivity contribution >= 4 is 17.6 Å². The van der Waals surface area contributed by atoms with Crippen LogP contribution in [0.3, 0.4) is 0 Å². The van der Waals surface area contributed by atoms with Crippen LogP contribution in [0.5, 0.6) is 0 Å². The largest absolute Gasteiger partial charge is 0.384 e. The second-order valence-corrected chi connectivity index (χ2v) is 5.25. The third-order valence-corrected chi connectivity index (χ3v) is 3.93. The van der Waals surface area contributed by atoms with Crippen LogP contribution < -0.4 is 5.73 Å². The maximum atomic E-state index is 5.74. The lowest BCUT2D eigenvalue weighted by Crippen LogP contribution is -2.02. The summed E-state index contributed by atoms with van der Waals surface area (Å²) in [6.07, 6.45) is 6.20. The quantitative estimate of drug-likeness (QED) is 0.800. The molecule has 1 fully saturated rings. The molecule has 4 heteroatoms. The van der Waals surface area contributed by atoms with E-state index in [1.165, 1.54) is 25.7 Å². The highest BCUT2D eigenvalue weighted by molar-refractivity contribution is 7.99. The maximum Gasteiger partial charge on any atom is 0.131 e. The van der Waals surface area contributed by atoms with Gasteiger partial charge in [-0.2, -0.15) is 0 Å². The first-order chi connectivity index (χ1) is 7.28. The van der Waals surface area contributed by atoms with Crippen molar-refractivity contribution in [1.29, 1.82) is 0 Å². The first kappa shape index (κ1) is 10.7. The number of nitrogens with zero attached hydrogens (tertiary/aromatic N) is 2. The summed E-state index contributed by atoms with van der Waals surface area (Å²) in [6, 6.07) is 1.89. The molecule has 1 saturated carbocycles. The van der Waals surface area contributed by atoms with E-state index in [1.54, 1.807) is 0 Å². The van der Waals surface area contributed by atoms with Gasteiger partial charge >= 0.3 is 0 Å². The number of thioether (sulfide) groups is 1. The molecule has 0 bridgehead atoms. The Morgan fingerprint density at radius 1 is 1.40 bits per heavy atom. The summed E-state index contributed by atoms with van der Waals surface area (Å²) >= 11 is 1.86. The Morgan fingerprint density at radius 3 is 2.80 bits per heavy atom. The molecule has 0 amide bonds. The Bertz CT molecular complexity index is 335. The van der Waals surface area contributed by atoms with E-state index in [9.17, 15) is 0 Å². The van der Waals surface area contributed by atoms with E-state index in [1.807, 2.05) is 17.8 Å². The molecule has 0 unspecified atom stereocenters. The van der Waals surface area contributed by atoms with E-state index >= 15 is 0 Å². The molecule has 0 spiro atoms. The van der Waals surface area contributed by atoms with Crippen LogP contribution in [0.15, 0.2) is 11.1 Å². The summed E-state index contributed by atoms with van der Waals surface area (Å²) < 4.78 is 0. The standard InChI is InChI=1S/C11H17N3S/c1-2-10-13-9(12)7-11(14-10)15-8-5-3-4-6-8/h7-8H,2-6H2,1H3,(H2,12,13,14). The molecule has 82 valence electrons.